The van der Waals surface area contributed by atoms with Crippen molar-refractivity contribution < 1.29 is 27.4 Å². The van der Waals surface area contributed by atoms with Gasteiger partial charge in [-0.2, -0.15) is 10.2 Å². The number of aromatic nitrogens is 2. The van der Waals surface area contributed by atoms with E-state index in [2.05, 4.69) is 25.3 Å². The minimum absolute atomic E-state index is 0.0343. The molecule has 1 amide bonds. The predicted octanol–water partition coefficient (Wildman–Crippen LogP) is 2.52. The first-order valence-corrected chi connectivity index (χ1v) is 9.80. The second-order valence-corrected chi connectivity index (χ2v) is 6.75. The molecule has 32 heavy (non-hydrogen) atoms. The van der Waals surface area contributed by atoms with Gasteiger partial charge >= 0.3 is 6.36 Å². The number of rotatable bonds is 8. The number of benzene rings is 1. The smallest absolute Gasteiger partial charge is 0.405 e. The summed E-state index contributed by atoms with van der Waals surface area (Å²) in [5.74, 6) is -0.0403. The zero-order valence-electron chi connectivity index (χ0n) is 17.0. The van der Waals surface area contributed by atoms with Crippen molar-refractivity contribution >= 4 is 17.7 Å². The molecule has 1 aliphatic rings. The van der Waals surface area contributed by atoms with Crippen LogP contribution >= 0.6 is 0 Å². The number of nitriles is 1. The second kappa shape index (κ2) is 10.6. The normalized spacial score (nSPS) is 13.9. The van der Waals surface area contributed by atoms with Gasteiger partial charge in [0.25, 0.3) is 0 Å². The van der Waals surface area contributed by atoms with Crippen LogP contribution in [0, 0.1) is 11.3 Å². The first kappa shape index (κ1) is 23.1. The standard InChI is InChI=1S/C20H21F3N6O3/c21-20(22,23)32-16-4-2-1-3-14(16)12-26-19-27-13-15(11-24)18(28-19)25-6-5-17(30)29-7-9-31-10-8-29/h1-4,13H,5-10,12H2,(H2,25,26,27,28). The zero-order valence-corrected chi connectivity index (χ0v) is 17.0. The summed E-state index contributed by atoms with van der Waals surface area (Å²) in [4.78, 5) is 22.2. The third-order valence-corrected chi connectivity index (χ3v) is 4.54. The van der Waals surface area contributed by atoms with Crippen molar-refractivity contribution in [1.29, 1.82) is 5.26 Å². The fourth-order valence-corrected chi connectivity index (χ4v) is 2.99. The monoisotopic (exact) mass is 450 g/mol. The summed E-state index contributed by atoms with van der Waals surface area (Å²) < 4.78 is 47.0. The second-order valence-electron chi connectivity index (χ2n) is 6.75. The summed E-state index contributed by atoms with van der Waals surface area (Å²) in [6, 6.07) is 7.67. The molecule has 1 aromatic heterocycles. The summed E-state index contributed by atoms with van der Waals surface area (Å²) in [7, 11) is 0. The molecule has 0 aliphatic carbocycles. The first-order valence-electron chi connectivity index (χ1n) is 9.80. The lowest BCUT2D eigenvalue weighted by atomic mass is 10.2. The fraction of sp³-hybridized carbons (Fsp3) is 0.400. The Balaban J connectivity index is 1.60. The molecule has 2 aromatic rings. The number of hydrogen-bond donors (Lipinski definition) is 2. The maximum Gasteiger partial charge on any atom is 0.573 e. The van der Waals surface area contributed by atoms with Gasteiger partial charge in [-0.25, -0.2) is 4.98 Å². The van der Waals surface area contributed by atoms with Crippen LogP contribution in [-0.4, -0.2) is 60.0 Å². The average Bonchev–Trinajstić information content (AvgIpc) is 2.78. The molecule has 1 aliphatic heterocycles. The van der Waals surface area contributed by atoms with Crippen LogP contribution in [0.4, 0.5) is 24.9 Å². The van der Waals surface area contributed by atoms with Crippen molar-refractivity contribution in [3.05, 3.63) is 41.6 Å². The van der Waals surface area contributed by atoms with Gasteiger partial charge in [-0.15, -0.1) is 13.2 Å². The summed E-state index contributed by atoms with van der Waals surface area (Å²) >= 11 is 0. The Kier molecular flexibility index (Phi) is 7.67. The van der Waals surface area contributed by atoms with Gasteiger partial charge < -0.3 is 25.0 Å². The third-order valence-electron chi connectivity index (χ3n) is 4.54. The quantitative estimate of drug-likeness (QED) is 0.631. The number of carbonyl (C=O) groups is 1. The van der Waals surface area contributed by atoms with Crippen LogP contribution in [-0.2, 0) is 16.1 Å². The molecule has 0 bridgehead atoms. The van der Waals surface area contributed by atoms with Crippen LogP contribution in [0.3, 0.4) is 0 Å². The van der Waals surface area contributed by atoms with Crippen LogP contribution in [0.25, 0.3) is 0 Å². The van der Waals surface area contributed by atoms with Crippen LogP contribution in [0.15, 0.2) is 30.5 Å². The Bertz CT molecular complexity index is 974. The van der Waals surface area contributed by atoms with Crippen LogP contribution in [0.1, 0.15) is 17.5 Å². The number of halogens is 3. The number of nitrogens with zero attached hydrogens (tertiary/aromatic N) is 4. The number of alkyl halides is 3. The summed E-state index contributed by atoms with van der Waals surface area (Å²) in [5, 5.41) is 15.0. The SMILES string of the molecule is N#Cc1cnc(NCc2ccccc2OC(F)(F)F)nc1NCCC(=O)N1CCOCC1. The molecule has 0 saturated carbocycles. The van der Waals surface area contributed by atoms with E-state index in [0.717, 1.165) is 0 Å². The van der Waals surface area contributed by atoms with Gasteiger partial charge in [0.15, 0.2) is 0 Å². The van der Waals surface area contributed by atoms with E-state index in [0.29, 0.717) is 26.3 Å². The fourth-order valence-electron chi connectivity index (χ4n) is 2.99. The number of anilines is 2. The number of morpholine rings is 1. The number of ether oxygens (including phenoxy) is 2. The molecule has 1 aromatic carbocycles. The average molecular weight is 450 g/mol. The largest absolute Gasteiger partial charge is 0.573 e. The molecule has 170 valence electrons. The highest BCUT2D eigenvalue weighted by atomic mass is 19.4. The zero-order chi connectivity index (χ0) is 23.0. The highest BCUT2D eigenvalue weighted by Crippen LogP contribution is 2.26. The van der Waals surface area contributed by atoms with E-state index < -0.39 is 6.36 Å². The molecule has 1 fully saturated rings. The molecule has 0 spiro atoms. The van der Waals surface area contributed by atoms with Gasteiger partial charge in [0.2, 0.25) is 11.9 Å². The lowest BCUT2D eigenvalue weighted by molar-refractivity contribution is -0.274. The number of hydrogen-bond acceptors (Lipinski definition) is 8. The van der Waals surface area contributed by atoms with Crippen molar-refractivity contribution in [1.82, 2.24) is 14.9 Å². The Hall–Kier alpha value is -3.59. The molecule has 2 heterocycles. The maximum atomic E-state index is 12.6. The van der Waals surface area contributed by atoms with E-state index >= 15 is 0 Å². The van der Waals surface area contributed by atoms with Crippen LogP contribution < -0.4 is 15.4 Å². The van der Waals surface area contributed by atoms with E-state index in [-0.39, 0.29) is 54.1 Å². The number of amides is 1. The summed E-state index contributed by atoms with van der Waals surface area (Å²) in [5.41, 5.74) is 0.429. The molecular weight excluding hydrogens is 429 g/mol. The highest BCUT2D eigenvalue weighted by molar-refractivity contribution is 5.76. The van der Waals surface area contributed by atoms with Crippen molar-refractivity contribution in [2.75, 3.05) is 43.5 Å². The van der Waals surface area contributed by atoms with Gasteiger partial charge in [0, 0.05) is 38.2 Å². The first-order chi connectivity index (χ1) is 15.4. The van der Waals surface area contributed by atoms with E-state index in [1.165, 1.54) is 24.4 Å². The maximum absolute atomic E-state index is 12.6. The molecule has 1 saturated heterocycles. The lowest BCUT2D eigenvalue weighted by Gasteiger charge is -2.26. The van der Waals surface area contributed by atoms with Gasteiger partial charge in [0.05, 0.1) is 19.4 Å². The van der Waals surface area contributed by atoms with E-state index in [4.69, 9.17) is 4.74 Å². The van der Waals surface area contributed by atoms with Gasteiger partial charge in [-0.05, 0) is 6.07 Å². The van der Waals surface area contributed by atoms with Crippen molar-refractivity contribution in [3.63, 3.8) is 0 Å². The molecule has 3 rings (SSSR count). The molecule has 0 atom stereocenters. The molecule has 0 radical (unpaired) electrons. The minimum atomic E-state index is -4.81. The molecule has 9 nitrogen and oxygen atoms in total. The van der Waals surface area contributed by atoms with Crippen molar-refractivity contribution in [3.8, 4) is 11.8 Å². The number of carbonyl (C=O) groups excluding carboxylic acids is 1. The van der Waals surface area contributed by atoms with Gasteiger partial charge in [-0.1, -0.05) is 18.2 Å². The number of para-hydroxylation sites is 1. The Morgan fingerprint density at radius 2 is 2.00 bits per heavy atom. The van der Waals surface area contributed by atoms with E-state index in [9.17, 15) is 23.2 Å². The van der Waals surface area contributed by atoms with E-state index in [1.54, 1.807) is 11.0 Å². The minimum Gasteiger partial charge on any atom is -0.405 e. The highest BCUT2D eigenvalue weighted by Gasteiger charge is 2.32. The summed E-state index contributed by atoms with van der Waals surface area (Å²) in [6.07, 6.45) is -3.31. The lowest BCUT2D eigenvalue weighted by Crippen LogP contribution is -2.41. The Morgan fingerprint density at radius 3 is 2.72 bits per heavy atom. The predicted molar refractivity (Wildman–Crippen MR) is 108 cm³/mol. The van der Waals surface area contributed by atoms with Gasteiger partial charge in [-0.3, -0.25) is 4.79 Å². The van der Waals surface area contributed by atoms with E-state index in [1.807, 2.05) is 6.07 Å². The summed E-state index contributed by atoms with van der Waals surface area (Å²) in [6.45, 7) is 2.33. The molecular formula is C20H21F3N6O3. The Morgan fingerprint density at radius 1 is 1.25 bits per heavy atom. The van der Waals surface area contributed by atoms with Crippen LogP contribution in [0.5, 0.6) is 5.75 Å². The molecule has 2 N–H and O–H groups in total. The topological polar surface area (TPSA) is 112 Å². The van der Waals surface area contributed by atoms with Gasteiger partial charge in [0.1, 0.15) is 23.2 Å². The van der Waals surface area contributed by atoms with Crippen LogP contribution in [0.2, 0.25) is 0 Å². The third kappa shape index (κ3) is 6.71. The molecule has 12 heteroatoms. The Labute approximate surface area is 182 Å². The molecule has 0 unspecified atom stereocenters. The number of nitrogens with one attached hydrogen (secondary N) is 2. The van der Waals surface area contributed by atoms with Crippen molar-refractivity contribution in [2.45, 2.75) is 19.3 Å². The van der Waals surface area contributed by atoms with Crippen molar-refractivity contribution in [2.24, 2.45) is 0 Å².